The van der Waals surface area contributed by atoms with Crippen LogP contribution in [-0.4, -0.2) is 19.0 Å². The summed E-state index contributed by atoms with van der Waals surface area (Å²) in [5.74, 6) is 0. The van der Waals surface area contributed by atoms with Gasteiger partial charge in [0.15, 0.2) is 0 Å². The molecule has 0 saturated carbocycles. The van der Waals surface area contributed by atoms with E-state index in [9.17, 15) is 0 Å². The Kier molecular flexibility index (Phi) is 4.00. The molecule has 0 heterocycles. The Hall–Kier alpha value is -0.100. The van der Waals surface area contributed by atoms with Gasteiger partial charge in [0.1, 0.15) is 0 Å². The van der Waals surface area contributed by atoms with Crippen LogP contribution < -0.4 is 5.30 Å². The molecule has 1 aromatic carbocycles. The molecule has 0 saturated heterocycles. The lowest BCUT2D eigenvalue weighted by atomic mass is 10.2. The molecule has 3 heteroatoms. The van der Waals surface area contributed by atoms with Crippen LogP contribution in [0.5, 0.6) is 0 Å². The van der Waals surface area contributed by atoms with E-state index in [1.165, 1.54) is 10.9 Å². The molecule has 0 aliphatic rings. The van der Waals surface area contributed by atoms with E-state index in [2.05, 4.69) is 37.2 Å². The molecule has 1 rings (SSSR count). The molecule has 12 heavy (non-hydrogen) atoms. The number of hydrogen-bond acceptors (Lipinski definition) is 1. The van der Waals surface area contributed by atoms with E-state index in [1.807, 2.05) is 6.07 Å². The Morgan fingerprint density at radius 3 is 2.58 bits per heavy atom. The van der Waals surface area contributed by atoms with Gasteiger partial charge in [-0.25, -0.2) is 0 Å². The lowest BCUT2D eigenvalue weighted by Gasteiger charge is -2.11. The van der Waals surface area contributed by atoms with Crippen LogP contribution in [0.3, 0.4) is 0 Å². The van der Waals surface area contributed by atoms with E-state index in [0.29, 0.717) is 7.93 Å². The van der Waals surface area contributed by atoms with Crippen LogP contribution in [0.25, 0.3) is 0 Å². The Bertz CT molecular complexity index is 250. The maximum absolute atomic E-state index is 5.82. The minimum absolute atomic E-state index is 0.374. The van der Waals surface area contributed by atoms with Crippen molar-refractivity contribution in [1.29, 1.82) is 0 Å². The molecule has 66 valence electrons. The first-order valence-corrected chi connectivity index (χ1v) is 5.84. The van der Waals surface area contributed by atoms with E-state index < -0.39 is 0 Å². The van der Waals surface area contributed by atoms with Gasteiger partial charge in [0.05, 0.1) is 0 Å². The van der Waals surface area contributed by atoms with Crippen LogP contribution in [0.4, 0.5) is 0 Å². The van der Waals surface area contributed by atoms with Crippen molar-refractivity contribution in [3.05, 3.63) is 29.8 Å². The molecule has 0 aromatic heterocycles. The standard InChI is InChI=1S/C9H13ClNP/c1-11(2)7-8-5-3-4-6-9(8)12-10/h3-6,12H,7H2,1-2H3. The van der Waals surface area contributed by atoms with Gasteiger partial charge in [-0.3, -0.25) is 0 Å². The van der Waals surface area contributed by atoms with Crippen LogP contribution in [-0.2, 0) is 6.54 Å². The number of rotatable bonds is 3. The normalized spacial score (nSPS) is 11.7. The van der Waals surface area contributed by atoms with Crippen molar-refractivity contribution < 1.29 is 0 Å². The minimum atomic E-state index is 0.374. The largest absolute Gasteiger partial charge is 0.305 e. The summed E-state index contributed by atoms with van der Waals surface area (Å²) in [4.78, 5) is 2.15. The maximum atomic E-state index is 5.82. The first-order valence-electron chi connectivity index (χ1n) is 3.83. The second-order valence-electron chi connectivity index (χ2n) is 2.99. The average Bonchev–Trinajstić information content (AvgIpc) is 2.04. The lowest BCUT2D eigenvalue weighted by Crippen LogP contribution is -2.15. The highest BCUT2D eigenvalue weighted by atomic mass is 35.7. The first-order chi connectivity index (χ1) is 5.74. The van der Waals surface area contributed by atoms with E-state index in [0.717, 1.165) is 6.54 Å². The van der Waals surface area contributed by atoms with Gasteiger partial charge in [0, 0.05) is 14.5 Å². The van der Waals surface area contributed by atoms with Gasteiger partial charge in [-0.2, -0.15) is 0 Å². The van der Waals surface area contributed by atoms with Crippen molar-refractivity contribution in [3.63, 3.8) is 0 Å². The molecule has 0 fully saturated rings. The third kappa shape index (κ3) is 2.75. The molecule has 1 aromatic rings. The SMILES string of the molecule is CN(C)Cc1ccccc1PCl. The third-order valence-corrected chi connectivity index (χ3v) is 2.91. The van der Waals surface area contributed by atoms with Crippen molar-refractivity contribution in [3.8, 4) is 0 Å². The molecule has 0 spiro atoms. The van der Waals surface area contributed by atoms with Crippen molar-refractivity contribution in [2.45, 2.75) is 6.54 Å². The summed E-state index contributed by atoms with van der Waals surface area (Å²) < 4.78 is 0. The highest BCUT2D eigenvalue weighted by Gasteiger charge is 2.00. The van der Waals surface area contributed by atoms with Gasteiger partial charge in [-0.1, -0.05) is 35.5 Å². The number of halogens is 1. The summed E-state index contributed by atoms with van der Waals surface area (Å²) in [5.41, 5.74) is 1.33. The van der Waals surface area contributed by atoms with E-state index in [-0.39, 0.29) is 0 Å². The highest BCUT2D eigenvalue weighted by Crippen LogP contribution is 2.18. The fourth-order valence-electron chi connectivity index (χ4n) is 1.09. The Labute approximate surface area is 80.3 Å². The number of benzene rings is 1. The topological polar surface area (TPSA) is 3.24 Å². The van der Waals surface area contributed by atoms with Gasteiger partial charge in [0.25, 0.3) is 0 Å². The zero-order valence-corrected chi connectivity index (χ0v) is 9.10. The Balaban J connectivity index is 2.82. The van der Waals surface area contributed by atoms with Crippen molar-refractivity contribution in [2.24, 2.45) is 0 Å². The first kappa shape index (κ1) is 9.98. The van der Waals surface area contributed by atoms with Gasteiger partial charge < -0.3 is 4.90 Å². The summed E-state index contributed by atoms with van der Waals surface area (Å²) >= 11 is 5.82. The van der Waals surface area contributed by atoms with E-state index >= 15 is 0 Å². The molecule has 0 N–H and O–H groups in total. The number of hydrogen-bond donors (Lipinski definition) is 0. The van der Waals surface area contributed by atoms with E-state index in [1.54, 1.807) is 0 Å². The quantitative estimate of drug-likeness (QED) is 0.678. The Morgan fingerprint density at radius 2 is 2.00 bits per heavy atom. The zero-order valence-electron chi connectivity index (χ0n) is 7.34. The highest BCUT2D eigenvalue weighted by molar-refractivity contribution is 7.75. The van der Waals surface area contributed by atoms with Crippen LogP contribution in [0.2, 0.25) is 0 Å². The van der Waals surface area contributed by atoms with Gasteiger partial charge in [-0.05, 0) is 25.0 Å². The molecule has 1 atom stereocenters. The second kappa shape index (κ2) is 4.81. The fraction of sp³-hybridized carbons (Fsp3) is 0.333. The molecule has 0 amide bonds. The van der Waals surface area contributed by atoms with Crippen molar-refractivity contribution in [2.75, 3.05) is 14.1 Å². The van der Waals surface area contributed by atoms with Gasteiger partial charge in [0.2, 0.25) is 0 Å². The minimum Gasteiger partial charge on any atom is -0.305 e. The molecular formula is C9H13ClNP. The molecule has 1 unspecified atom stereocenters. The Morgan fingerprint density at radius 1 is 1.33 bits per heavy atom. The van der Waals surface area contributed by atoms with Crippen molar-refractivity contribution in [1.82, 2.24) is 4.90 Å². The summed E-state index contributed by atoms with van der Waals surface area (Å²) in [5, 5.41) is 1.26. The van der Waals surface area contributed by atoms with Crippen LogP contribution in [0.1, 0.15) is 5.56 Å². The van der Waals surface area contributed by atoms with E-state index in [4.69, 9.17) is 11.2 Å². The predicted octanol–water partition coefficient (Wildman–Crippen LogP) is 2.21. The van der Waals surface area contributed by atoms with Crippen LogP contribution in [0, 0.1) is 0 Å². The number of nitrogens with zero attached hydrogens (tertiary/aromatic N) is 1. The fourth-order valence-corrected chi connectivity index (χ4v) is 2.09. The van der Waals surface area contributed by atoms with Gasteiger partial charge in [-0.15, -0.1) is 0 Å². The summed E-state index contributed by atoms with van der Waals surface area (Å²) in [6.45, 7) is 0.968. The van der Waals surface area contributed by atoms with Crippen LogP contribution in [0.15, 0.2) is 24.3 Å². The summed E-state index contributed by atoms with van der Waals surface area (Å²) in [7, 11) is 4.50. The average molecular weight is 202 g/mol. The zero-order chi connectivity index (χ0) is 8.97. The van der Waals surface area contributed by atoms with Gasteiger partial charge >= 0.3 is 0 Å². The summed E-state index contributed by atoms with van der Waals surface area (Å²) in [6.07, 6.45) is 0. The summed E-state index contributed by atoms with van der Waals surface area (Å²) in [6, 6.07) is 8.30. The predicted molar refractivity (Wildman–Crippen MR) is 57.6 cm³/mol. The second-order valence-corrected chi connectivity index (χ2v) is 4.28. The molecular weight excluding hydrogens is 189 g/mol. The third-order valence-electron chi connectivity index (χ3n) is 1.61. The molecule has 1 nitrogen and oxygen atoms in total. The maximum Gasteiger partial charge on any atom is 0.0234 e. The molecule has 0 bridgehead atoms. The molecule has 0 radical (unpaired) electrons. The lowest BCUT2D eigenvalue weighted by molar-refractivity contribution is 0.403. The molecule has 0 aliphatic carbocycles. The smallest absolute Gasteiger partial charge is 0.0234 e. The molecule has 0 aliphatic heterocycles. The van der Waals surface area contributed by atoms with Crippen LogP contribution >= 0.6 is 19.2 Å². The van der Waals surface area contributed by atoms with Crippen molar-refractivity contribution >= 4 is 24.5 Å². The monoisotopic (exact) mass is 201 g/mol.